The van der Waals surface area contributed by atoms with Gasteiger partial charge < -0.3 is 20.4 Å². The Hall–Kier alpha value is -1.45. The lowest BCUT2D eigenvalue weighted by molar-refractivity contribution is -0.981. The van der Waals surface area contributed by atoms with Gasteiger partial charge in [-0.2, -0.15) is 9.68 Å². The van der Waals surface area contributed by atoms with Crippen molar-refractivity contribution < 1.29 is 29.8 Å². The first-order chi connectivity index (χ1) is 17.5. The molecule has 0 aliphatic rings. The van der Waals surface area contributed by atoms with Crippen LogP contribution >= 0.6 is 0 Å². The average Bonchev–Trinajstić information content (AvgIpc) is 2.86. The minimum atomic E-state index is -0.249. The van der Waals surface area contributed by atoms with Gasteiger partial charge in [-0.1, -0.05) is 96.8 Å². The number of hydrogen-bond acceptors (Lipinski definition) is 7. The Morgan fingerprint density at radius 2 is 1.14 bits per heavy atom. The molecular weight excluding hydrogens is 462 g/mol. The summed E-state index contributed by atoms with van der Waals surface area (Å²) in [6, 6.07) is 0. The zero-order chi connectivity index (χ0) is 27.1. The van der Waals surface area contributed by atoms with Crippen molar-refractivity contribution in [3.05, 3.63) is 4.91 Å². The molecular formula is C27H58N3O6+. The topological polar surface area (TPSA) is 111 Å². The molecule has 0 spiro atoms. The molecule has 0 saturated heterocycles. The van der Waals surface area contributed by atoms with Crippen molar-refractivity contribution in [3.8, 4) is 0 Å². The van der Waals surface area contributed by atoms with E-state index >= 15 is 0 Å². The molecule has 216 valence electrons. The summed E-state index contributed by atoms with van der Waals surface area (Å²) in [5.41, 5.74) is 0. The fourth-order valence-corrected chi connectivity index (χ4v) is 3.64. The summed E-state index contributed by atoms with van der Waals surface area (Å²) in [7, 11) is 4.13. The predicted octanol–water partition coefficient (Wildman–Crippen LogP) is 4.93. The smallest absolute Gasteiger partial charge is 0.393 e. The van der Waals surface area contributed by atoms with E-state index in [-0.39, 0.29) is 37.4 Å². The maximum Gasteiger partial charge on any atom is 0.477 e. The molecule has 0 unspecified atom stereocenters. The highest BCUT2D eigenvalue weighted by molar-refractivity contribution is 5.75. The van der Waals surface area contributed by atoms with E-state index in [9.17, 15) is 9.70 Å². The van der Waals surface area contributed by atoms with Gasteiger partial charge in [0.2, 0.25) is 5.91 Å². The molecule has 0 radical (unpaired) electrons. The van der Waals surface area contributed by atoms with Crippen molar-refractivity contribution in [2.45, 2.75) is 116 Å². The summed E-state index contributed by atoms with van der Waals surface area (Å²) in [6.07, 6.45) is 22.3. The molecule has 0 heterocycles. The molecule has 36 heavy (non-hydrogen) atoms. The second-order valence-electron chi connectivity index (χ2n) is 9.54. The second kappa shape index (κ2) is 31.6. The first kappa shape index (κ1) is 36.7. The number of carbonyl (C=O) groups excluding carboxylic acids is 1. The molecule has 0 aromatic rings. The summed E-state index contributed by atoms with van der Waals surface area (Å²) in [5.74, 6) is 0.235. The first-order valence-corrected chi connectivity index (χ1v) is 14.3. The highest BCUT2D eigenvalue weighted by atomic mass is 17.0. The van der Waals surface area contributed by atoms with Crippen molar-refractivity contribution in [1.29, 1.82) is 0 Å². The van der Waals surface area contributed by atoms with Crippen molar-refractivity contribution in [1.82, 2.24) is 10.2 Å². The van der Waals surface area contributed by atoms with E-state index in [1.165, 1.54) is 89.9 Å². The van der Waals surface area contributed by atoms with E-state index in [4.69, 9.17) is 10.2 Å². The molecule has 0 atom stereocenters. The summed E-state index contributed by atoms with van der Waals surface area (Å²) >= 11 is 0. The number of unbranched alkanes of at least 4 members (excludes halogenated alkanes) is 14. The van der Waals surface area contributed by atoms with Gasteiger partial charge in [0.25, 0.3) is 0 Å². The molecule has 1 amide bonds. The Balaban J connectivity index is 0. The summed E-state index contributed by atoms with van der Waals surface area (Å²) in [6.45, 7) is 3.41. The van der Waals surface area contributed by atoms with Gasteiger partial charge in [-0.3, -0.25) is 4.79 Å². The van der Waals surface area contributed by atoms with Gasteiger partial charge in [-0.25, -0.2) is 0 Å². The minimum Gasteiger partial charge on any atom is -0.393 e. The fraction of sp³-hybridized carbons (Fsp3) is 0.963. The normalized spacial score (nSPS) is 10.6. The van der Waals surface area contributed by atoms with Gasteiger partial charge in [-0.05, 0) is 33.5 Å². The van der Waals surface area contributed by atoms with Crippen LogP contribution in [-0.2, 0) is 14.5 Å². The van der Waals surface area contributed by atoms with Gasteiger partial charge in [0.05, 0.1) is 13.2 Å². The zero-order valence-electron chi connectivity index (χ0n) is 23.7. The highest BCUT2D eigenvalue weighted by Crippen LogP contribution is 2.13. The van der Waals surface area contributed by atoms with Crippen LogP contribution in [0.1, 0.15) is 116 Å². The monoisotopic (exact) mass is 520 g/mol. The Labute approximate surface area is 220 Å². The van der Waals surface area contributed by atoms with Crippen LogP contribution in [0, 0.1) is 4.91 Å². The Morgan fingerprint density at radius 1 is 0.722 bits per heavy atom. The molecule has 0 aromatic carbocycles. The number of nitrogens with zero attached hydrogens (tertiary/aromatic N) is 2. The third-order valence-corrected chi connectivity index (χ3v) is 5.69. The largest absolute Gasteiger partial charge is 0.477 e. The average molecular weight is 521 g/mol. The van der Waals surface area contributed by atoms with E-state index in [1.54, 1.807) is 0 Å². The van der Waals surface area contributed by atoms with Gasteiger partial charge in [-0.15, -0.1) is 0 Å². The molecule has 9 nitrogen and oxygen atoms in total. The van der Waals surface area contributed by atoms with Crippen LogP contribution in [0.3, 0.4) is 0 Å². The van der Waals surface area contributed by atoms with Crippen LogP contribution in [-0.4, -0.2) is 79.7 Å². The minimum absolute atomic E-state index is 0.116. The molecule has 0 aliphatic carbocycles. The number of rotatable bonds is 26. The van der Waals surface area contributed by atoms with Crippen molar-refractivity contribution in [2.75, 3.05) is 53.6 Å². The van der Waals surface area contributed by atoms with Crippen LogP contribution in [0.2, 0.25) is 0 Å². The zero-order valence-corrected chi connectivity index (χ0v) is 23.7. The van der Waals surface area contributed by atoms with E-state index in [0.717, 1.165) is 25.9 Å². The van der Waals surface area contributed by atoms with Crippen molar-refractivity contribution in [3.63, 3.8) is 0 Å². The maximum atomic E-state index is 11.7. The van der Waals surface area contributed by atoms with Gasteiger partial charge in [0.15, 0.2) is 13.2 Å². The van der Waals surface area contributed by atoms with Crippen LogP contribution in [0.4, 0.5) is 0 Å². The Bertz CT molecular complexity index is 457. The third kappa shape index (κ3) is 34.7. The quantitative estimate of drug-likeness (QED) is 0.110. The highest BCUT2D eigenvalue weighted by Gasteiger charge is 2.09. The summed E-state index contributed by atoms with van der Waals surface area (Å²) in [5, 5.41) is 19.2. The van der Waals surface area contributed by atoms with Crippen LogP contribution in [0.15, 0.2) is 0 Å². The lowest BCUT2D eigenvalue weighted by Gasteiger charge is -2.09. The van der Waals surface area contributed by atoms with Crippen LogP contribution in [0.25, 0.3) is 0 Å². The molecule has 0 rings (SSSR count). The lowest BCUT2D eigenvalue weighted by Crippen LogP contribution is -2.26. The molecule has 0 bridgehead atoms. The number of nitrogens with one attached hydrogen (secondary N) is 1. The molecule has 0 aliphatic heterocycles. The molecule has 0 saturated carbocycles. The molecule has 0 fully saturated rings. The second-order valence-corrected chi connectivity index (χ2v) is 9.54. The number of carbonyl (C=O) groups is 1. The molecule has 9 heteroatoms. The third-order valence-electron chi connectivity index (χ3n) is 5.69. The summed E-state index contributed by atoms with van der Waals surface area (Å²) < 4.78 is 0. The number of aliphatic hydroxyl groups excluding tert-OH is 2. The Kier molecular flexibility index (Phi) is 32.2. The van der Waals surface area contributed by atoms with Crippen LogP contribution < -0.4 is 5.32 Å². The Morgan fingerprint density at radius 3 is 1.53 bits per heavy atom. The van der Waals surface area contributed by atoms with Gasteiger partial charge in [0.1, 0.15) is 4.91 Å². The fourth-order valence-electron chi connectivity index (χ4n) is 3.64. The van der Waals surface area contributed by atoms with E-state index in [0.29, 0.717) is 6.42 Å². The molecule has 3 N–H and O–H groups in total. The first-order valence-electron chi connectivity index (χ1n) is 14.3. The van der Waals surface area contributed by atoms with Crippen LogP contribution in [0.5, 0.6) is 0 Å². The van der Waals surface area contributed by atoms with Gasteiger partial charge in [0, 0.05) is 13.0 Å². The molecule has 0 aromatic heterocycles. The van der Waals surface area contributed by atoms with E-state index in [2.05, 4.69) is 40.9 Å². The maximum absolute atomic E-state index is 11.7. The number of hydrogen-bond donors (Lipinski definition) is 3. The number of amides is 1. The standard InChI is InChI=1S/C23H48N2O.C4H10NO5/c1-4-5-6-7-8-9-10-11-12-13-14-15-16-17-18-20-23(26)24-21-19-22-25(2)3;6-1-3-9-5(8)10-4-2-7/h4-22H2,1-3H3,(H,24,26);6-7H,1-4H2/q;+1. The van der Waals surface area contributed by atoms with Crippen molar-refractivity contribution in [2.24, 2.45) is 0 Å². The van der Waals surface area contributed by atoms with E-state index < -0.39 is 0 Å². The lowest BCUT2D eigenvalue weighted by atomic mass is 10.0. The predicted molar refractivity (Wildman–Crippen MR) is 145 cm³/mol. The van der Waals surface area contributed by atoms with E-state index in [1.807, 2.05) is 0 Å². The van der Waals surface area contributed by atoms with Gasteiger partial charge >= 0.3 is 5.09 Å². The number of aliphatic hydroxyl groups is 2. The summed E-state index contributed by atoms with van der Waals surface area (Å²) in [4.78, 5) is 32.4. The van der Waals surface area contributed by atoms with Crippen molar-refractivity contribution >= 4 is 5.91 Å². The SMILES string of the molecule is CCCCCCCCCCCCCCCCCC(=O)NCCCN(C)C.O=[N+](OCCO)OCCO.